The van der Waals surface area contributed by atoms with Crippen molar-refractivity contribution in [2.75, 3.05) is 27.2 Å². The number of benzene rings is 1. The Hall–Kier alpha value is -2.50. The minimum atomic E-state index is -0.343. The van der Waals surface area contributed by atoms with Gasteiger partial charge in [0.05, 0.1) is 24.8 Å². The van der Waals surface area contributed by atoms with E-state index < -0.39 is 0 Å². The maximum absolute atomic E-state index is 12.1. The monoisotopic (exact) mass is 290 g/mol. The van der Waals surface area contributed by atoms with Crippen molar-refractivity contribution in [3.05, 3.63) is 30.0 Å². The molecule has 0 aliphatic heterocycles. The Balaban J connectivity index is 2.20. The number of fused-ring (bicyclic) bond motifs is 1. The van der Waals surface area contributed by atoms with Gasteiger partial charge in [0.1, 0.15) is 11.3 Å². The maximum atomic E-state index is 12.1. The van der Waals surface area contributed by atoms with E-state index in [0.29, 0.717) is 23.5 Å². The van der Waals surface area contributed by atoms with Crippen molar-refractivity contribution >= 4 is 22.8 Å². The molecule has 2 aromatic rings. The van der Waals surface area contributed by atoms with E-state index in [1.165, 1.54) is 4.90 Å². The van der Waals surface area contributed by atoms with E-state index in [-0.39, 0.29) is 18.4 Å². The van der Waals surface area contributed by atoms with Crippen LogP contribution in [0, 0.1) is 0 Å². The largest absolute Gasteiger partial charge is 0.493 e. The summed E-state index contributed by atoms with van der Waals surface area (Å²) in [5, 5.41) is 3.40. The van der Waals surface area contributed by atoms with E-state index in [1.54, 1.807) is 38.6 Å². The van der Waals surface area contributed by atoms with Gasteiger partial charge in [-0.2, -0.15) is 0 Å². The molecule has 2 amide bonds. The molecule has 0 spiro atoms. The molecule has 112 valence electrons. The Morgan fingerprint density at radius 1 is 1.33 bits per heavy atom. The molecule has 2 rings (SSSR count). The quantitative estimate of drug-likeness (QED) is 0.909. The van der Waals surface area contributed by atoms with Gasteiger partial charge in [0, 0.05) is 19.7 Å². The molecule has 0 unspecified atom stereocenters. The highest BCUT2D eigenvalue weighted by Crippen LogP contribution is 2.28. The summed E-state index contributed by atoms with van der Waals surface area (Å²) in [4.78, 5) is 25.0. The van der Waals surface area contributed by atoms with Crippen LogP contribution in [-0.2, 0) is 4.79 Å². The van der Waals surface area contributed by atoms with Crippen molar-refractivity contribution in [3.8, 4) is 5.75 Å². The Kier molecular flexibility index (Phi) is 4.47. The van der Waals surface area contributed by atoms with Gasteiger partial charge in [-0.3, -0.25) is 9.59 Å². The molecule has 0 aliphatic rings. The van der Waals surface area contributed by atoms with E-state index in [1.807, 2.05) is 6.92 Å². The van der Waals surface area contributed by atoms with Crippen LogP contribution in [0.2, 0.25) is 0 Å². The van der Waals surface area contributed by atoms with E-state index in [0.717, 1.165) is 5.39 Å². The second-order valence-corrected chi connectivity index (χ2v) is 4.71. The number of ether oxygens (including phenoxy) is 1. The smallest absolute Gasteiger partial charge is 0.251 e. The minimum absolute atomic E-state index is 0.0496. The molecule has 0 saturated carbocycles. The fourth-order valence-electron chi connectivity index (χ4n) is 1.86. The third kappa shape index (κ3) is 3.34. The number of hydrogen-bond donors (Lipinski definition) is 1. The second kappa shape index (κ2) is 6.30. The van der Waals surface area contributed by atoms with Crippen molar-refractivity contribution in [1.82, 2.24) is 10.2 Å². The molecule has 1 heterocycles. The van der Waals surface area contributed by atoms with Crippen LogP contribution < -0.4 is 10.1 Å². The molecule has 0 saturated heterocycles. The van der Waals surface area contributed by atoms with Gasteiger partial charge in [-0.25, -0.2) is 0 Å². The summed E-state index contributed by atoms with van der Waals surface area (Å²) in [5.74, 6) is 0.0738. The molecular weight excluding hydrogens is 272 g/mol. The molecular formula is C15H18N2O4. The van der Waals surface area contributed by atoms with Crippen LogP contribution in [0.1, 0.15) is 17.3 Å². The lowest BCUT2D eigenvalue weighted by atomic mass is 10.1. The first kappa shape index (κ1) is 14.9. The zero-order chi connectivity index (χ0) is 15.4. The fraction of sp³-hybridized carbons (Fsp3) is 0.333. The van der Waals surface area contributed by atoms with Gasteiger partial charge in [0.25, 0.3) is 5.91 Å². The second-order valence-electron chi connectivity index (χ2n) is 4.71. The molecule has 21 heavy (non-hydrogen) atoms. The zero-order valence-electron chi connectivity index (χ0n) is 12.3. The average Bonchev–Trinajstić information content (AvgIpc) is 2.93. The number of hydrogen-bond acceptors (Lipinski definition) is 4. The first-order valence-electron chi connectivity index (χ1n) is 6.65. The van der Waals surface area contributed by atoms with Crippen LogP contribution in [-0.4, -0.2) is 44.0 Å². The lowest BCUT2D eigenvalue weighted by Gasteiger charge is -2.11. The Morgan fingerprint density at radius 3 is 2.76 bits per heavy atom. The summed E-state index contributed by atoms with van der Waals surface area (Å²) in [6.45, 7) is 2.31. The maximum Gasteiger partial charge on any atom is 0.251 e. The molecule has 0 bridgehead atoms. The molecule has 1 aromatic carbocycles. The number of furan rings is 1. The molecule has 0 radical (unpaired) electrons. The van der Waals surface area contributed by atoms with Crippen LogP contribution in [0.3, 0.4) is 0 Å². The number of carbonyl (C=O) groups excluding carboxylic acids is 2. The molecule has 1 aromatic heterocycles. The van der Waals surface area contributed by atoms with E-state index in [2.05, 4.69) is 5.32 Å². The number of amides is 2. The number of likely N-dealkylation sites (N-methyl/N-ethyl adjacent to an activating group) is 1. The van der Waals surface area contributed by atoms with E-state index in [4.69, 9.17) is 9.15 Å². The summed E-state index contributed by atoms with van der Waals surface area (Å²) in [5.41, 5.74) is 0.970. The van der Waals surface area contributed by atoms with Gasteiger partial charge in [-0.05, 0) is 25.1 Å². The summed E-state index contributed by atoms with van der Waals surface area (Å²) in [6, 6.07) is 5.07. The van der Waals surface area contributed by atoms with E-state index >= 15 is 0 Å². The molecule has 0 aliphatic carbocycles. The molecule has 6 heteroatoms. The minimum Gasteiger partial charge on any atom is -0.493 e. The Labute approximate surface area is 122 Å². The van der Waals surface area contributed by atoms with Gasteiger partial charge >= 0.3 is 0 Å². The van der Waals surface area contributed by atoms with Gasteiger partial charge in [-0.1, -0.05) is 0 Å². The SMILES string of the molecule is CCOc1cc(C(=O)NCC(=O)N(C)C)cc2occc12. The number of rotatable bonds is 5. The number of carbonyl (C=O) groups is 2. The Morgan fingerprint density at radius 2 is 2.10 bits per heavy atom. The topological polar surface area (TPSA) is 71.8 Å². The van der Waals surface area contributed by atoms with Crippen molar-refractivity contribution in [2.45, 2.75) is 6.92 Å². The Bertz CT molecular complexity index is 661. The van der Waals surface area contributed by atoms with Crippen LogP contribution in [0.5, 0.6) is 5.75 Å². The molecule has 0 atom stereocenters. The predicted molar refractivity (Wildman–Crippen MR) is 78.4 cm³/mol. The summed E-state index contributed by atoms with van der Waals surface area (Å²) < 4.78 is 10.8. The normalized spacial score (nSPS) is 10.4. The lowest BCUT2D eigenvalue weighted by molar-refractivity contribution is -0.127. The number of nitrogens with zero attached hydrogens (tertiary/aromatic N) is 1. The zero-order valence-corrected chi connectivity index (χ0v) is 12.3. The van der Waals surface area contributed by atoms with Gasteiger partial charge in [0.2, 0.25) is 5.91 Å². The highest BCUT2D eigenvalue weighted by molar-refractivity contribution is 6.00. The summed E-state index contributed by atoms with van der Waals surface area (Å²) >= 11 is 0. The first-order valence-corrected chi connectivity index (χ1v) is 6.65. The third-order valence-electron chi connectivity index (χ3n) is 2.99. The van der Waals surface area contributed by atoms with Crippen molar-refractivity contribution < 1.29 is 18.7 Å². The third-order valence-corrected chi connectivity index (χ3v) is 2.99. The molecule has 6 nitrogen and oxygen atoms in total. The fourth-order valence-corrected chi connectivity index (χ4v) is 1.86. The van der Waals surface area contributed by atoms with Crippen LogP contribution >= 0.6 is 0 Å². The summed E-state index contributed by atoms with van der Waals surface area (Å²) in [6.07, 6.45) is 1.55. The van der Waals surface area contributed by atoms with Crippen molar-refractivity contribution in [2.24, 2.45) is 0 Å². The number of nitrogens with one attached hydrogen (secondary N) is 1. The van der Waals surface area contributed by atoms with Crippen molar-refractivity contribution in [1.29, 1.82) is 0 Å². The van der Waals surface area contributed by atoms with E-state index in [9.17, 15) is 9.59 Å². The highest BCUT2D eigenvalue weighted by Gasteiger charge is 2.14. The first-order chi connectivity index (χ1) is 10.0. The lowest BCUT2D eigenvalue weighted by Crippen LogP contribution is -2.36. The molecule has 0 fully saturated rings. The summed E-state index contributed by atoms with van der Waals surface area (Å²) in [7, 11) is 3.27. The molecule has 1 N–H and O–H groups in total. The van der Waals surface area contributed by atoms with Gasteiger partial charge in [0.15, 0.2) is 0 Å². The highest BCUT2D eigenvalue weighted by atomic mass is 16.5. The van der Waals surface area contributed by atoms with Crippen molar-refractivity contribution in [3.63, 3.8) is 0 Å². The van der Waals surface area contributed by atoms with Gasteiger partial charge < -0.3 is 19.4 Å². The van der Waals surface area contributed by atoms with Crippen LogP contribution in [0.15, 0.2) is 28.9 Å². The van der Waals surface area contributed by atoms with Gasteiger partial charge in [-0.15, -0.1) is 0 Å². The van der Waals surface area contributed by atoms with Crippen LogP contribution in [0.25, 0.3) is 11.0 Å². The average molecular weight is 290 g/mol. The standard InChI is InChI=1S/C15H18N2O4/c1-4-20-12-7-10(8-13-11(12)5-6-21-13)15(19)16-9-14(18)17(2)3/h5-8H,4,9H2,1-3H3,(H,16,19). The predicted octanol–water partition coefficient (Wildman–Crippen LogP) is 1.65. The van der Waals surface area contributed by atoms with Crippen LogP contribution in [0.4, 0.5) is 0 Å².